The van der Waals surface area contributed by atoms with Gasteiger partial charge in [-0.2, -0.15) is 16.9 Å². The Morgan fingerprint density at radius 2 is 2.29 bits per heavy atom. The van der Waals surface area contributed by atoms with Crippen molar-refractivity contribution in [3.63, 3.8) is 0 Å². The van der Waals surface area contributed by atoms with Crippen molar-refractivity contribution in [1.29, 1.82) is 0 Å². The Morgan fingerprint density at radius 1 is 1.47 bits per heavy atom. The molecule has 0 aliphatic carbocycles. The summed E-state index contributed by atoms with van der Waals surface area (Å²) in [6, 6.07) is 2.16. The number of nitrogens with zero attached hydrogens (tertiary/aromatic N) is 2. The summed E-state index contributed by atoms with van der Waals surface area (Å²) in [6.45, 7) is 4.30. The van der Waals surface area contributed by atoms with Gasteiger partial charge in [-0.1, -0.05) is 6.92 Å². The number of rotatable bonds is 9. The first kappa shape index (κ1) is 14.5. The van der Waals surface area contributed by atoms with Crippen LogP contribution in [0.3, 0.4) is 0 Å². The SMILES string of the molecule is CCc1cc(CNCCSCCCO)n(C)n1. The molecule has 0 radical (unpaired) electrons. The Morgan fingerprint density at radius 3 is 2.94 bits per heavy atom. The summed E-state index contributed by atoms with van der Waals surface area (Å²) in [6.07, 6.45) is 1.89. The summed E-state index contributed by atoms with van der Waals surface area (Å²) < 4.78 is 1.95. The van der Waals surface area contributed by atoms with Gasteiger partial charge in [0.2, 0.25) is 0 Å². The average Bonchev–Trinajstić information content (AvgIpc) is 2.69. The Labute approximate surface area is 108 Å². The van der Waals surface area contributed by atoms with E-state index in [1.165, 1.54) is 5.69 Å². The van der Waals surface area contributed by atoms with Crippen molar-refractivity contribution in [3.8, 4) is 0 Å². The third-order valence-corrected chi connectivity index (χ3v) is 3.64. The van der Waals surface area contributed by atoms with E-state index in [-0.39, 0.29) is 0 Å². The van der Waals surface area contributed by atoms with Gasteiger partial charge in [0.05, 0.1) is 11.4 Å². The highest BCUT2D eigenvalue weighted by Crippen LogP contribution is 2.04. The van der Waals surface area contributed by atoms with Crippen molar-refractivity contribution in [3.05, 3.63) is 17.5 Å². The third-order valence-electron chi connectivity index (χ3n) is 2.57. The normalized spacial score (nSPS) is 11.0. The number of hydrogen-bond acceptors (Lipinski definition) is 4. The van der Waals surface area contributed by atoms with Gasteiger partial charge < -0.3 is 10.4 Å². The molecule has 0 saturated heterocycles. The van der Waals surface area contributed by atoms with Gasteiger partial charge in [-0.05, 0) is 24.7 Å². The molecule has 98 valence electrons. The summed E-state index contributed by atoms with van der Waals surface area (Å²) in [5.41, 5.74) is 2.39. The number of nitrogens with one attached hydrogen (secondary N) is 1. The van der Waals surface area contributed by atoms with Gasteiger partial charge in [0.25, 0.3) is 0 Å². The first-order valence-electron chi connectivity index (χ1n) is 6.19. The van der Waals surface area contributed by atoms with Gasteiger partial charge in [0.1, 0.15) is 0 Å². The number of thioether (sulfide) groups is 1. The van der Waals surface area contributed by atoms with E-state index in [9.17, 15) is 0 Å². The predicted molar refractivity (Wildman–Crippen MR) is 73.3 cm³/mol. The molecule has 1 rings (SSSR count). The Kier molecular flexibility index (Phi) is 7.32. The topological polar surface area (TPSA) is 50.1 Å². The lowest BCUT2D eigenvalue weighted by molar-refractivity contribution is 0.296. The van der Waals surface area contributed by atoms with Crippen molar-refractivity contribution in [2.45, 2.75) is 26.3 Å². The molecule has 17 heavy (non-hydrogen) atoms. The van der Waals surface area contributed by atoms with Gasteiger partial charge in [-0.15, -0.1) is 0 Å². The van der Waals surface area contributed by atoms with E-state index >= 15 is 0 Å². The zero-order chi connectivity index (χ0) is 12.5. The van der Waals surface area contributed by atoms with Crippen molar-refractivity contribution >= 4 is 11.8 Å². The Hall–Kier alpha value is -0.520. The third kappa shape index (κ3) is 5.57. The molecule has 1 aromatic rings. The zero-order valence-corrected chi connectivity index (χ0v) is 11.6. The second kappa shape index (κ2) is 8.55. The molecule has 1 heterocycles. The first-order valence-corrected chi connectivity index (χ1v) is 7.34. The van der Waals surface area contributed by atoms with Crippen molar-refractivity contribution in [2.75, 3.05) is 24.7 Å². The highest BCUT2D eigenvalue weighted by molar-refractivity contribution is 7.99. The lowest BCUT2D eigenvalue weighted by Crippen LogP contribution is -2.18. The largest absolute Gasteiger partial charge is 0.396 e. The molecule has 5 heteroatoms. The van der Waals surface area contributed by atoms with E-state index in [0.717, 1.165) is 43.1 Å². The Bertz CT molecular complexity index is 315. The molecule has 0 aromatic carbocycles. The van der Waals surface area contributed by atoms with E-state index in [2.05, 4.69) is 23.4 Å². The monoisotopic (exact) mass is 257 g/mol. The molecule has 0 spiro atoms. The molecule has 2 N–H and O–H groups in total. The molecule has 0 aliphatic heterocycles. The number of aromatic nitrogens is 2. The fourth-order valence-corrected chi connectivity index (χ4v) is 2.37. The summed E-state index contributed by atoms with van der Waals surface area (Å²) >= 11 is 1.88. The van der Waals surface area contributed by atoms with Crippen LogP contribution in [0.15, 0.2) is 6.07 Å². The maximum Gasteiger partial charge on any atom is 0.0625 e. The lowest BCUT2D eigenvalue weighted by atomic mass is 10.3. The summed E-state index contributed by atoms with van der Waals surface area (Å²) in [7, 11) is 1.99. The van der Waals surface area contributed by atoms with Gasteiger partial charge in [0, 0.05) is 32.5 Å². The second-order valence-corrected chi connectivity index (χ2v) is 5.20. The van der Waals surface area contributed by atoms with Crippen LogP contribution in [0.25, 0.3) is 0 Å². The van der Waals surface area contributed by atoms with Crippen molar-refractivity contribution in [2.24, 2.45) is 7.05 Å². The van der Waals surface area contributed by atoms with E-state index in [4.69, 9.17) is 5.11 Å². The van der Waals surface area contributed by atoms with Crippen LogP contribution in [0.1, 0.15) is 24.7 Å². The van der Waals surface area contributed by atoms with Crippen molar-refractivity contribution in [1.82, 2.24) is 15.1 Å². The molecule has 0 aliphatic rings. The highest BCUT2D eigenvalue weighted by atomic mass is 32.2. The molecule has 0 saturated carbocycles. The van der Waals surface area contributed by atoms with E-state index in [0.29, 0.717) is 6.61 Å². The maximum absolute atomic E-state index is 8.64. The van der Waals surface area contributed by atoms with Gasteiger partial charge >= 0.3 is 0 Å². The van der Waals surface area contributed by atoms with Gasteiger partial charge in [-0.25, -0.2) is 0 Å². The molecule has 0 atom stereocenters. The molecule has 4 nitrogen and oxygen atoms in total. The lowest BCUT2D eigenvalue weighted by Gasteiger charge is -2.04. The summed E-state index contributed by atoms with van der Waals surface area (Å²) in [5.74, 6) is 2.14. The summed E-state index contributed by atoms with van der Waals surface area (Å²) in [5, 5.41) is 16.5. The average molecular weight is 257 g/mol. The quantitative estimate of drug-likeness (QED) is 0.653. The van der Waals surface area contributed by atoms with Crippen molar-refractivity contribution < 1.29 is 5.11 Å². The minimum absolute atomic E-state index is 0.301. The fraction of sp³-hybridized carbons (Fsp3) is 0.750. The smallest absolute Gasteiger partial charge is 0.0625 e. The van der Waals surface area contributed by atoms with Gasteiger partial charge in [-0.3, -0.25) is 4.68 Å². The minimum atomic E-state index is 0.301. The van der Waals surface area contributed by atoms with E-state index in [1.807, 2.05) is 23.5 Å². The molecular weight excluding hydrogens is 234 g/mol. The minimum Gasteiger partial charge on any atom is -0.396 e. The number of aliphatic hydroxyl groups is 1. The fourth-order valence-electron chi connectivity index (χ4n) is 1.54. The van der Waals surface area contributed by atoms with Crippen LogP contribution in [-0.4, -0.2) is 39.5 Å². The van der Waals surface area contributed by atoms with Gasteiger partial charge in [0.15, 0.2) is 0 Å². The standard InChI is InChI=1S/C12H23N3OS/c1-3-11-9-12(15(2)14-11)10-13-5-8-17-7-4-6-16/h9,13,16H,3-8,10H2,1-2H3. The number of aliphatic hydroxyl groups excluding tert-OH is 1. The van der Waals surface area contributed by atoms with Crippen LogP contribution in [0.4, 0.5) is 0 Å². The first-order chi connectivity index (χ1) is 8.27. The molecule has 0 amide bonds. The summed E-state index contributed by atoms with van der Waals surface area (Å²) in [4.78, 5) is 0. The predicted octanol–water partition coefficient (Wildman–Crippen LogP) is 1.19. The molecule has 0 bridgehead atoms. The highest BCUT2D eigenvalue weighted by Gasteiger charge is 2.02. The number of aryl methyl sites for hydroxylation is 2. The van der Waals surface area contributed by atoms with E-state index < -0.39 is 0 Å². The second-order valence-electron chi connectivity index (χ2n) is 3.97. The molecule has 0 unspecified atom stereocenters. The molecular formula is C12H23N3OS. The zero-order valence-electron chi connectivity index (χ0n) is 10.8. The molecule has 0 fully saturated rings. The van der Waals surface area contributed by atoms with Crippen LogP contribution in [-0.2, 0) is 20.0 Å². The Balaban J connectivity index is 2.11. The maximum atomic E-state index is 8.64. The van der Waals surface area contributed by atoms with Crippen LogP contribution in [0, 0.1) is 0 Å². The van der Waals surface area contributed by atoms with Crippen LogP contribution >= 0.6 is 11.8 Å². The van der Waals surface area contributed by atoms with Crippen LogP contribution < -0.4 is 5.32 Å². The van der Waals surface area contributed by atoms with E-state index in [1.54, 1.807) is 0 Å². The molecule has 1 aromatic heterocycles. The van der Waals surface area contributed by atoms with Crippen LogP contribution in [0.2, 0.25) is 0 Å². The van der Waals surface area contributed by atoms with Crippen LogP contribution in [0.5, 0.6) is 0 Å². The number of hydrogen-bond donors (Lipinski definition) is 2.